The number of ether oxygens (including phenoxy) is 1. The van der Waals surface area contributed by atoms with E-state index in [0.29, 0.717) is 18.2 Å². The number of methoxy groups -OCH3 is 1. The molecule has 0 unspecified atom stereocenters. The molecule has 6 nitrogen and oxygen atoms in total. The lowest BCUT2D eigenvalue weighted by molar-refractivity contribution is -0.116. The van der Waals surface area contributed by atoms with Gasteiger partial charge >= 0.3 is 0 Å². The number of aromatic nitrogens is 3. The van der Waals surface area contributed by atoms with Crippen molar-refractivity contribution in [2.75, 3.05) is 12.4 Å². The molecule has 0 fully saturated rings. The molecule has 0 amide bonds. The predicted molar refractivity (Wildman–Crippen MR) is 115 cm³/mol. The molecule has 3 aromatic rings. The Kier molecular flexibility index (Phi) is 4.42. The average Bonchev–Trinajstić information content (AvgIpc) is 3.12. The third-order valence-electron chi connectivity index (χ3n) is 6.01. The summed E-state index contributed by atoms with van der Waals surface area (Å²) in [7, 11) is 1.66. The summed E-state index contributed by atoms with van der Waals surface area (Å²) in [4.78, 5) is 18.0. The van der Waals surface area contributed by atoms with E-state index in [2.05, 4.69) is 58.7 Å². The first-order valence-electron chi connectivity index (χ1n) is 10.2. The Morgan fingerprint density at radius 1 is 1.00 bits per heavy atom. The number of aryl methyl sites for hydroxylation is 2. The predicted octanol–water partition coefficient (Wildman–Crippen LogP) is 4.32. The van der Waals surface area contributed by atoms with Gasteiger partial charge in [0, 0.05) is 17.7 Å². The van der Waals surface area contributed by atoms with Crippen molar-refractivity contribution in [3.63, 3.8) is 0 Å². The summed E-state index contributed by atoms with van der Waals surface area (Å²) in [5, 5.41) is 8.00. The molecule has 30 heavy (non-hydrogen) atoms. The van der Waals surface area contributed by atoms with Gasteiger partial charge in [0.05, 0.1) is 7.11 Å². The Bertz CT molecular complexity index is 1140. The first-order chi connectivity index (χ1) is 14.5. The van der Waals surface area contributed by atoms with Gasteiger partial charge in [-0.15, -0.1) is 0 Å². The molecule has 0 spiro atoms. The van der Waals surface area contributed by atoms with Crippen molar-refractivity contribution in [1.29, 1.82) is 0 Å². The maximum Gasteiger partial charge on any atom is 0.226 e. The minimum Gasteiger partial charge on any atom is -0.497 e. The van der Waals surface area contributed by atoms with Crippen LogP contribution in [0, 0.1) is 13.8 Å². The zero-order valence-corrected chi connectivity index (χ0v) is 17.3. The van der Waals surface area contributed by atoms with Crippen LogP contribution in [0.3, 0.4) is 0 Å². The van der Waals surface area contributed by atoms with Crippen molar-refractivity contribution < 1.29 is 9.53 Å². The standard InChI is InChI=1S/C24H24N4O2/c1-14-4-6-17(7-5-14)23-22-20(26-24-25-15(2)27-28(23)24)12-18(13-21(22)29)16-8-10-19(30-3)11-9-16/h4-11,18,23H,12-13H2,1-3H3,(H,25,26,27)/t18-,23-/m0/s1. The van der Waals surface area contributed by atoms with Crippen LogP contribution in [0.5, 0.6) is 5.75 Å². The average molecular weight is 400 g/mol. The molecular formula is C24H24N4O2. The Labute approximate surface area is 175 Å². The second-order valence-corrected chi connectivity index (χ2v) is 8.06. The number of fused-ring (bicyclic) bond motifs is 1. The number of benzene rings is 2. The zero-order chi connectivity index (χ0) is 20.8. The van der Waals surface area contributed by atoms with Crippen molar-refractivity contribution >= 4 is 11.7 Å². The molecule has 0 bridgehead atoms. The summed E-state index contributed by atoms with van der Waals surface area (Å²) < 4.78 is 7.12. The van der Waals surface area contributed by atoms with Crippen molar-refractivity contribution in [3.05, 3.63) is 82.3 Å². The molecule has 0 saturated carbocycles. The molecule has 1 aliphatic heterocycles. The molecule has 2 atom stereocenters. The maximum absolute atomic E-state index is 13.4. The van der Waals surface area contributed by atoms with Crippen LogP contribution in [0.1, 0.15) is 47.3 Å². The first-order valence-corrected chi connectivity index (χ1v) is 10.2. The fourth-order valence-electron chi connectivity index (χ4n) is 4.49. The molecule has 1 N–H and O–H groups in total. The molecule has 6 heteroatoms. The number of hydrogen-bond donors (Lipinski definition) is 1. The third kappa shape index (κ3) is 3.09. The number of Topliss-reactive ketones (excluding diaryl/α,β-unsaturated/α-hetero) is 1. The van der Waals surface area contributed by atoms with Crippen molar-refractivity contribution in [3.8, 4) is 5.75 Å². The lowest BCUT2D eigenvalue weighted by Gasteiger charge is -2.35. The maximum atomic E-state index is 13.4. The quantitative estimate of drug-likeness (QED) is 0.709. The third-order valence-corrected chi connectivity index (χ3v) is 6.01. The number of nitrogens with one attached hydrogen (secondary N) is 1. The van der Waals surface area contributed by atoms with E-state index in [-0.39, 0.29) is 17.7 Å². The van der Waals surface area contributed by atoms with Crippen LogP contribution < -0.4 is 10.1 Å². The van der Waals surface area contributed by atoms with Crippen LogP contribution in [-0.2, 0) is 4.79 Å². The smallest absolute Gasteiger partial charge is 0.226 e. The van der Waals surface area contributed by atoms with Crippen LogP contribution >= 0.6 is 0 Å². The van der Waals surface area contributed by atoms with Gasteiger partial charge in [-0.05, 0) is 49.4 Å². The highest BCUT2D eigenvalue weighted by Gasteiger charge is 2.39. The molecule has 1 aromatic heterocycles. The Morgan fingerprint density at radius 3 is 2.40 bits per heavy atom. The van der Waals surface area contributed by atoms with Gasteiger partial charge in [0.1, 0.15) is 17.6 Å². The first kappa shape index (κ1) is 18.6. The van der Waals surface area contributed by atoms with Gasteiger partial charge < -0.3 is 10.1 Å². The van der Waals surface area contributed by atoms with Gasteiger partial charge in [0.25, 0.3) is 0 Å². The number of allylic oxidation sites excluding steroid dienone is 2. The Morgan fingerprint density at radius 2 is 1.70 bits per heavy atom. The van der Waals surface area contributed by atoms with E-state index in [9.17, 15) is 4.79 Å². The van der Waals surface area contributed by atoms with Crippen molar-refractivity contribution in [2.24, 2.45) is 0 Å². The summed E-state index contributed by atoms with van der Waals surface area (Å²) in [5.74, 6) is 2.49. The number of ketones is 1. The largest absolute Gasteiger partial charge is 0.497 e. The fraction of sp³-hybridized carbons (Fsp3) is 0.292. The topological polar surface area (TPSA) is 69.0 Å². The summed E-state index contributed by atoms with van der Waals surface area (Å²) in [6.07, 6.45) is 1.25. The molecule has 2 aliphatic rings. The monoisotopic (exact) mass is 400 g/mol. The molecule has 0 saturated heterocycles. The van der Waals surface area contributed by atoms with Gasteiger partial charge in [-0.2, -0.15) is 10.1 Å². The lowest BCUT2D eigenvalue weighted by Crippen LogP contribution is -2.33. The van der Waals surface area contributed by atoms with Gasteiger partial charge in [-0.25, -0.2) is 4.68 Å². The highest BCUT2D eigenvalue weighted by atomic mass is 16.5. The van der Waals surface area contributed by atoms with Crippen LogP contribution in [0.25, 0.3) is 0 Å². The van der Waals surface area contributed by atoms with E-state index in [4.69, 9.17) is 4.74 Å². The summed E-state index contributed by atoms with van der Waals surface area (Å²) in [6, 6.07) is 16.1. The second kappa shape index (κ2) is 7.13. The minimum atomic E-state index is -0.248. The number of hydrogen-bond acceptors (Lipinski definition) is 5. The fourth-order valence-corrected chi connectivity index (χ4v) is 4.49. The minimum absolute atomic E-state index is 0.129. The molecule has 2 heterocycles. The Balaban J connectivity index is 1.57. The molecule has 152 valence electrons. The van der Waals surface area contributed by atoms with Gasteiger partial charge in [-0.3, -0.25) is 4.79 Å². The van der Waals surface area contributed by atoms with Gasteiger partial charge in [-0.1, -0.05) is 42.0 Å². The lowest BCUT2D eigenvalue weighted by atomic mass is 9.78. The van der Waals surface area contributed by atoms with E-state index in [1.165, 1.54) is 5.56 Å². The summed E-state index contributed by atoms with van der Waals surface area (Å²) >= 11 is 0. The number of carbonyl (C=O) groups excluding carboxylic acids is 1. The van der Waals surface area contributed by atoms with E-state index < -0.39 is 0 Å². The number of rotatable bonds is 3. The van der Waals surface area contributed by atoms with Gasteiger partial charge in [0.15, 0.2) is 5.78 Å². The Hall–Kier alpha value is -3.41. The van der Waals surface area contributed by atoms with Crippen LogP contribution in [-0.4, -0.2) is 27.7 Å². The van der Waals surface area contributed by atoms with Crippen molar-refractivity contribution in [1.82, 2.24) is 14.8 Å². The summed E-state index contributed by atoms with van der Waals surface area (Å²) in [5.41, 5.74) is 5.15. The highest BCUT2D eigenvalue weighted by Crippen LogP contribution is 2.44. The van der Waals surface area contributed by atoms with Gasteiger partial charge in [0.2, 0.25) is 5.95 Å². The van der Waals surface area contributed by atoms with E-state index >= 15 is 0 Å². The number of anilines is 1. The normalized spacial score (nSPS) is 20.4. The second-order valence-electron chi connectivity index (χ2n) is 8.06. The molecular weight excluding hydrogens is 376 g/mol. The summed E-state index contributed by atoms with van der Waals surface area (Å²) in [6.45, 7) is 3.94. The number of nitrogens with zero attached hydrogens (tertiary/aromatic N) is 3. The molecule has 1 aliphatic carbocycles. The molecule has 2 aromatic carbocycles. The molecule has 5 rings (SSSR count). The van der Waals surface area contributed by atoms with Crippen molar-refractivity contribution in [2.45, 2.75) is 38.6 Å². The SMILES string of the molecule is COc1ccc([C@@H]2CC(=O)C3=C(C2)Nc2nc(C)nn2[C@H]3c2ccc(C)cc2)cc1. The highest BCUT2D eigenvalue weighted by molar-refractivity contribution is 6.00. The van der Waals surface area contributed by atoms with Crippen LogP contribution in [0.15, 0.2) is 59.8 Å². The zero-order valence-electron chi connectivity index (χ0n) is 17.3. The van der Waals surface area contributed by atoms with E-state index in [1.807, 2.05) is 23.7 Å². The molecule has 0 radical (unpaired) electrons. The van der Waals surface area contributed by atoms with Crippen LogP contribution in [0.4, 0.5) is 5.95 Å². The van der Waals surface area contributed by atoms with Crippen LogP contribution in [0.2, 0.25) is 0 Å². The number of carbonyl (C=O) groups is 1. The van der Waals surface area contributed by atoms with E-state index in [1.54, 1.807) is 7.11 Å². The van der Waals surface area contributed by atoms with E-state index in [0.717, 1.165) is 34.6 Å².